The molecule has 1 unspecified atom stereocenters. The summed E-state index contributed by atoms with van der Waals surface area (Å²) in [6.45, 7) is 2.59. The first kappa shape index (κ1) is 23.0. The molecule has 35 heavy (non-hydrogen) atoms. The standard InChI is InChI=1S/C26H20ClN3O4S/c1-2-12-34-18-8-5-15(6-9-18)23(31)21-22(16-4-3-11-28-14-16)30(25(33)24(21)32)26-29-19-10-7-17(27)13-20(19)35-26/h3-11,13-14,22,31H,2,12H2,1H3/b23-21+. The molecule has 4 aromatic rings. The summed E-state index contributed by atoms with van der Waals surface area (Å²) < 4.78 is 6.38. The fraction of sp³-hybridized carbons (Fsp3) is 0.154. The van der Waals surface area contributed by atoms with Crippen LogP contribution < -0.4 is 9.64 Å². The molecule has 1 N–H and O–H groups in total. The van der Waals surface area contributed by atoms with Crippen molar-refractivity contribution in [1.82, 2.24) is 9.97 Å². The first-order valence-corrected chi connectivity index (χ1v) is 12.2. The fourth-order valence-corrected chi connectivity index (χ4v) is 5.23. The number of nitrogens with zero attached hydrogens (tertiary/aromatic N) is 3. The van der Waals surface area contributed by atoms with E-state index in [-0.39, 0.29) is 11.3 Å². The Kier molecular flexibility index (Phi) is 6.23. The zero-order valence-electron chi connectivity index (χ0n) is 18.6. The van der Waals surface area contributed by atoms with Gasteiger partial charge < -0.3 is 9.84 Å². The quantitative estimate of drug-likeness (QED) is 0.203. The van der Waals surface area contributed by atoms with Gasteiger partial charge in [-0.1, -0.05) is 35.9 Å². The van der Waals surface area contributed by atoms with E-state index < -0.39 is 17.7 Å². The van der Waals surface area contributed by atoms with Crippen molar-refractivity contribution in [3.63, 3.8) is 0 Å². The Labute approximate surface area is 210 Å². The van der Waals surface area contributed by atoms with E-state index in [1.54, 1.807) is 67.0 Å². The van der Waals surface area contributed by atoms with E-state index in [2.05, 4.69) is 9.97 Å². The van der Waals surface area contributed by atoms with E-state index in [0.717, 1.165) is 11.1 Å². The van der Waals surface area contributed by atoms with Gasteiger partial charge in [0.05, 0.1) is 28.4 Å². The van der Waals surface area contributed by atoms with Crippen LogP contribution in [0, 0.1) is 0 Å². The minimum Gasteiger partial charge on any atom is -0.507 e. The van der Waals surface area contributed by atoms with Gasteiger partial charge in [-0.3, -0.25) is 19.5 Å². The van der Waals surface area contributed by atoms with Crippen LogP contribution in [0.25, 0.3) is 16.0 Å². The number of fused-ring (bicyclic) bond motifs is 1. The second-order valence-electron chi connectivity index (χ2n) is 7.94. The highest BCUT2D eigenvalue weighted by molar-refractivity contribution is 7.22. The first-order valence-electron chi connectivity index (χ1n) is 11.0. The average molecular weight is 506 g/mol. The molecule has 1 aliphatic rings. The molecule has 0 radical (unpaired) electrons. The maximum atomic E-state index is 13.3. The topological polar surface area (TPSA) is 92.6 Å². The molecular formula is C26H20ClN3O4S. The number of hydrogen-bond acceptors (Lipinski definition) is 7. The van der Waals surface area contributed by atoms with Crippen LogP contribution in [0.3, 0.4) is 0 Å². The number of benzene rings is 2. The molecular weight excluding hydrogens is 486 g/mol. The number of carbonyl (C=O) groups is 2. The van der Waals surface area contributed by atoms with E-state index in [9.17, 15) is 14.7 Å². The molecule has 1 fully saturated rings. The van der Waals surface area contributed by atoms with E-state index in [1.807, 2.05) is 6.92 Å². The third-order valence-corrected chi connectivity index (χ3v) is 6.84. The Hall–Kier alpha value is -3.75. The van der Waals surface area contributed by atoms with Gasteiger partial charge in [0.15, 0.2) is 5.13 Å². The third kappa shape index (κ3) is 4.26. The minimum absolute atomic E-state index is 0.0254. The van der Waals surface area contributed by atoms with Crippen molar-refractivity contribution < 1.29 is 19.4 Å². The normalized spacial score (nSPS) is 17.3. The van der Waals surface area contributed by atoms with E-state index >= 15 is 0 Å². The Morgan fingerprint density at radius 3 is 2.69 bits per heavy atom. The zero-order chi connectivity index (χ0) is 24.5. The molecule has 2 aromatic carbocycles. The number of carbonyl (C=O) groups excluding carboxylic acids is 2. The lowest BCUT2D eigenvalue weighted by molar-refractivity contribution is -0.132. The largest absolute Gasteiger partial charge is 0.507 e. The Morgan fingerprint density at radius 1 is 1.17 bits per heavy atom. The van der Waals surface area contributed by atoms with Crippen molar-refractivity contribution in [3.8, 4) is 5.75 Å². The second-order valence-corrected chi connectivity index (χ2v) is 9.38. The Morgan fingerprint density at radius 2 is 1.97 bits per heavy atom. The summed E-state index contributed by atoms with van der Waals surface area (Å²) in [7, 11) is 0. The van der Waals surface area contributed by atoms with Gasteiger partial charge in [-0.15, -0.1) is 0 Å². The zero-order valence-corrected chi connectivity index (χ0v) is 20.2. The van der Waals surface area contributed by atoms with Crippen molar-refractivity contribution in [2.24, 2.45) is 0 Å². The fourth-order valence-electron chi connectivity index (χ4n) is 3.96. The highest BCUT2D eigenvalue weighted by Gasteiger charge is 2.48. The van der Waals surface area contributed by atoms with E-state index in [1.165, 1.54) is 16.2 Å². The summed E-state index contributed by atoms with van der Waals surface area (Å²) in [6, 6.07) is 14.6. The second kappa shape index (κ2) is 9.48. The van der Waals surface area contributed by atoms with Gasteiger partial charge in [0.25, 0.3) is 5.78 Å². The summed E-state index contributed by atoms with van der Waals surface area (Å²) in [4.78, 5) is 36.6. The van der Waals surface area contributed by atoms with Crippen LogP contribution in [0.5, 0.6) is 5.75 Å². The number of ketones is 1. The molecule has 7 nitrogen and oxygen atoms in total. The number of pyridine rings is 1. The number of rotatable bonds is 6. The van der Waals surface area contributed by atoms with Crippen molar-refractivity contribution >= 4 is 55.7 Å². The smallest absolute Gasteiger partial charge is 0.301 e. The average Bonchev–Trinajstić information content (AvgIpc) is 3.40. The van der Waals surface area contributed by atoms with Gasteiger partial charge in [0, 0.05) is 23.0 Å². The number of Topliss-reactive ketones (excluding diaryl/α,β-unsaturated/α-hetero) is 1. The molecule has 0 bridgehead atoms. The third-order valence-electron chi connectivity index (χ3n) is 5.59. The number of aliphatic hydroxyl groups excluding tert-OH is 1. The lowest BCUT2D eigenvalue weighted by Gasteiger charge is -2.22. The molecule has 0 spiro atoms. The number of anilines is 1. The van der Waals surface area contributed by atoms with Gasteiger partial charge in [-0.25, -0.2) is 4.98 Å². The Bertz CT molecular complexity index is 1450. The van der Waals surface area contributed by atoms with Crippen molar-refractivity contribution in [2.75, 3.05) is 11.5 Å². The summed E-state index contributed by atoms with van der Waals surface area (Å²) in [5.74, 6) is -1.18. The predicted octanol–water partition coefficient (Wildman–Crippen LogP) is 5.76. The van der Waals surface area contributed by atoms with Crippen molar-refractivity contribution in [1.29, 1.82) is 0 Å². The molecule has 1 saturated heterocycles. The molecule has 1 amide bonds. The molecule has 1 aliphatic heterocycles. The van der Waals surface area contributed by atoms with Gasteiger partial charge >= 0.3 is 5.91 Å². The van der Waals surface area contributed by atoms with E-state index in [4.69, 9.17) is 16.3 Å². The monoisotopic (exact) mass is 505 g/mol. The van der Waals surface area contributed by atoms with Crippen LogP contribution >= 0.6 is 22.9 Å². The van der Waals surface area contributed by atoms with Gasteiger partial charge in [-0.05, 0) is 60.5 Å². The Balaban J connectivity index is 1.64. The maximum Gasteiger partial charge on any atom is 0.301 e. The van der Waals surface area contributed by atoms with Crippen molar-refractivity contribution in [3.05, 3.63) is 88.7 Å². The number of hydrogen-bond donors (Lipinski definition) is 1. The summed E-state index contributed by atoms with van der Waals surface area (Å²) >= 11 is 7.37. The van der Waals surface area contributed by atoms with Crippen molar-refractivity contribution in [2.45, 2.75) is 19.4 Å². The molecule has 5 rings (SSSR count). The molecule has 9 heteroatoms. The molecule has 176 valence electrons. The van der Waals surface area contributed by atoms with Gasteiger partial charge in [-0.2, -0.15) is 0 Å². The first-order chi connectivity index (χ1) is 17.0. The summed E-state index contributed by atoms with van der Waals surface area (Å²) in [6.07, 6.45) is 4.04. The van der Waals surface area contributed by atoms with Crippen LogP contribution in [0.15, 0.2) is 72.6 Å². The van der Waals surface area contributed by atoms with Crippen LogP contribution in [0.4, 0.5) is 5.13 Å². The maximum absolute atomic E-state index is 13.3. The summed E-state index contributed by atoms with van der Waals surface area (Å²) in [5, 5.41) is 12.1. The number of halogens is 1. The van der Waals surface area contributed by atoms with E-state index in [0.29, 0.717) is 39.2 Å². The SMILES string of the molecule is CCCOc1ccc(/C(O)=C2\C(=O)C(=O)N(c3nc4ccc(Cl)cc4s3)C2c2cccnc2)cc1. The number of aliphatic hydroxyl groups is 1. The highest BCUT2D eigenvalue weighted by Crippen LogP contribution is 2.44. The molecule has 0 aliphatic carbocycles. The predicted molar refractivity (Wildman–Crippen MR) is 136 cm³/mol. The summed E-state index contributed by atoms with van der Waals surface area (Å²) in [5.41, 5.74) is 1.61. The van der Waals surface area contributed by atoms with Gasteiger partial charge in [0.1, 0.15) is 11.5 Å². The molecule has 3 heterocycles. The lowest BCUT2D eigenvalue weighted by Crippen LogP contribution is -2.29. The minimum atomic E-state index is -0.893. The van der Waals surface area contributed by atoms with Crippen LogP contribution in [0.2, 0.25) is 5.02 Å². The van der Waals surface area contributed by atoms with Crippen LogP contribution in [-0.2, 0) is 9.59 Å². The number of ether oxygens (including phenoxy) is 1. The number of thiazole rings is 1. The molecule has 2 aromatic heterocycles. The van der Waals surface area contributed by atoms with Crippen LogP contribution in [-0.4, -0.2) is 33.4 Å². The molecule has 0 saturated carbocycles. The molecule has 1 atom stereocenters. The highest BCUT2D eigenvalue weighted by atomic mass is 35.5. The van der Waals surface area contributed by atoms with Gasteiger partial charge in [0.2, 0.25) is 0 Å². The van der Waals surface area contributed by atoms with Crippen LogP contribution in [0.1, 0.15) is 30.5 Å². The lowest BCUT2D eigenvalue weighted by atomic mass is 9.96. The number of amides is 1. The number of aromatic nitrogens is 2.